The second-order valence-electron chi connectivity index (χ2n) is 6.23. The first-order valence-electron chi connectivity index (χ1n) is 8.86. The number of carbonyl (C=O) groups excluding carboxylic acids is 1. The second kappa shape index (κ2) is 8.62. The van der Waals surface area contributed by atoms with Crippen LogP contribution in [0.3, 0.4) is 0 Å². The molecule has 1 aromatic carbocycles. The quantitative estimate of drug-likeness (QED) is 0.811. The average molecular weight is 339 g/mol. The first kappa shape index (κ1) is 17.4. The smallest absolute Gasteiger partial charge is 0.227 e. The van der Waals surface area contributed by atoms with Crippen LogP contribution < -0.4 is 4.74 Å². The summed E-state index contributed by atoms with van der Waals surface area (Å²) in [7, 11) is 0. The van der Waals surface area contributed by atoms with E-state index in [-0.39, 0.29) is 5.91 Å². The number of aromatic nitrogens is 1. The first-order valence-corrected chi connectivity index (χ1v) is 8.86. The van der Waals surface area contributed by atoms with Crippen molar-refractivity contribution >= 4 is 5.91 Å². The normalized spacial score (nSPS) is 15.2. The van der Waals surface area contributed by atoms with Crippen molar-refractivity contribution in [1.82, 2.24) is 14.8 Å². The van der Waals surface area contributed by atoms with E-state index in [0.29, 0.717) is 13.0 Å². The number of hydrogen-bond donors (Lipinski definition) is 0. The molecule has 1 aliphatic rings. The molecule has 1 aliphatic heterocycles. The van der Waals surface area contributed by atoms with Crippen molar-refractivity contribution < 1.29 is 9.53 Å². The van der Waals surface area contributed by atoms with E-state index in [0.717, 1.165) is 49.7 Å². The van der Waals surface area contributed by atoms with Gasteiger partial charge in [0.1, 0.15) is 5.75 Å². The third-order valence-electron chi connectivity index (χ3n) is 4.43. The summed E-state index contributed by atoms with van der Waals surface area (Å²) in [6.07, 6.45) is 2.28. The summed E-state index contributed by atoms with van der Waals surface area (Å²) in [6.45, 7) is 6.82. The van der Waals surface area contributed by atoms with Crippen LogP contribution in [-0.2, 0) is 17.8 Å². The van der Waals surface area contributed by atoms with Crippen LogP contribution in [0.15, 0.2) is 48.7 Å². The minimum Gasteiger partial charge on any atom is -0.494 e. The molecule has 1 amide bonds. The Kier molecular flexibility index (Phi) is 6.01. The standard InChI is InChI=1S/C20H25N3O2/c1-2-25-19-8-6-17(7-9-19)15-20(24)23-13-11-22(12-14-23)16-18-5-3-4-10-21-18/h3-10H,2,11-16H2,1H3. The summed E-state index contributed by atoms with van der Waals surface area (Å²) < 4.78 is 5.44. The summed E-state index contributed by atoms with van der Waals surface area (Å²) in [6, 6.07) is 13.8. The molecule has 132 valence electrons. The minimum absolute atomic E-state index is 0.196. The van der Waals surface area contributed by atoms with Gasteiger partial charge in [-0.2, -0.15) is 0 Å². The third kappa shape index (κ3) is 5.03. The number of ether oxygens (including phenoxy) is 1. The maximum Gasteiger partial charge on any atom is 0.227 e. The summed E-state index contributed by atoms with van der Waals surface area (Å²) in [5, 5.41) is 0. The largest absolute Gasteiger partial charge is 0.494 e. The fourth-order valence-electron chi connectivity index (χ4n) is 3.03. The lowest BCUT2D eigenvalue weighted by Crippen LogP contribution is -2.48. The molecule has 0 N–H and O–H groups in total. The van der Waals surface area contributed by atoms with Gasteiger partial charge in [0.05, 0.1) is 18.7 Å². The van der Waals surface area contributed by atoms with Gasteiger partial charge in [-0.25, -0.2) is 0 Å². The van der Waals surface area contributed by atoms with Gasteiger partial charge in [-0.05, 0) is 36.8 Å². The zero-order valence-electron chi connectivity index (χ0n) is 14.7. The lowest BCUT2D eigenvalue weighted by atomic mass is 10.1. The molecular weight excluding hydrogens is 314 g/mol. The fourth-order valence-corrected chi connectivity index (χ4v) is 3.03. The van der Waals surface area contributed by atoms with E-state index >= 15 is 0 Å². The molecular formula is C20H25N3O2. The van der Waals surface area contributed by atoms with Gasteiger partial charge in [0.25, 0.3) is 0 Å². The van der Waals surface area contributed by atoms with Gasteiger partial charge in [0.2, 0.25) is 5.91 Å². The summed E-state index contributed by atoms with van der Waals surface area (Å²) >= 11 is 0. The summed E-state index contributed by atoms with van der Waals surface area (Å²) in [5.74, 6) is 1.04. The number of pyridine rings is 1. The molecule has 2 aromatic rings. The number of rotatable bonds is 6. The first-order chi connectivity index (χ1) is 12.2. The van der Waals surface area contributed by atoms with E-state index in [1.807, 2.05) is 60.5 Å². The highest BCUT2D eigenvalue weighted by molar-refractivity contribution is 5.78. The van der Waals surface area contributed by atoms with Crippen molar-refractivity contribution in [2.24, 2.45) is 0 Å². The van der Waals surface area contributed by atoms with E-state index in [2.05, 4.69) is 9.88 Å². The Labute approximate surface area is 149 Å². The molecule has 0 saturated carbocycles. The predicted molar refractivity (Wildman–Crippen MR) is 97.4 cm³/mol. The van der Waals surface area contributed by atoms with Crippen molar-refractivity contribution in [2.75, 3.05) is 32.8 Å². The number of hydrogen-bond acceptors (Lipinski definition) is 4. The topological polar surface area (TPSA) is 45.7 Å². The van der Waals surface area contributed by atoms with Crippen LogP contribution in [0.5, 0.6) is 5.75 Å². The Hall–Kier alpha value is -2.40. The minimum atomic E-state index is 0.196. The third-order valence-corrected chi connectivity index (χ3v) is 4.43. The number of amides is 1. The molecule has 25 heavy (non-hydrogen) atoms. The van der Waals surface area contributed by atoms with Crippen LogP contribution in [0.1, 0.15) is 18.2 Å². The molecule has 0 unspecified atom stereocenters. The van der Waals surface area contributed by atoms with Crippen LogP contribution in [-0.4, -0.2) is 53.5 Å². The van der Waals surface area contributed by atoms with E-state index in [9.17, 15) is 4.79 Å². The molecule has 1 fully saturated rings. The molecule has 0 bridgehead atoms. The van der Waals surface area contributed by atoms with Crippen LogP contribution in [0.2, 0.25) is 0 Å². The SMILES string of the molecule is CCOc1ccc(CC(=O)N2CCN(Cc3ccccn3)CC2)cc1. The number of piperazine rings is 1. The molecule has 0 aliphatic carbocycles. The van der Waals surface area contributed by atoms with Crippen LogP contribution in [0, 0.1) is 0 Å². The summed E-state index contributed by atoms with van der Waals surface area (Å²) in [4.78, 5) is 21.2. The maximum absolute atomic E-state index is 12.5. The Morgan fingerprint density at radius 2 is 1.84 bits per heavy atom. The van der Waals surface area contributed by atoms with Crippen LogP contribution in [0.4, 0.5) is 0 Å². The summed E-state index contributed by atoms with van der Waals surface area (Å²) in [5.41, 5.74) is 2.11. The van der Waals surface area contributed by atoms with E-state index < -0.39 is 0 Å². The molecule has 3 rings (SSSR count). The second-order valence-corrected chi connectivity index (χ2v) is 6.23. The van der Waals surface area contributed by atoms with Gasteiger partial charge in [-0.15, -0.1) is 0 Å². The van der Waals surface area contributed by atoms with Crippen molar-refractivity contribution in [2.45, 2.75) is 19.9 Å². The molecule has 2 heterocycles. The average Bonchev–Trinajstić information content (AvgIpc) is 2.65. The Morgan fingerprint density at radius 1 is 1.08 bits per heavy atom. The highest BCUT2D eigenvalue weighted by atomic mass is 16.5. The zero-order chi connectivity index (χ0) is 17.5. The lowest BCUT2D eigenvalue weighted by molar-refractivity contribution is -0.132. The predicted octanol–water partition coefficient (Wildman–Crippen LogP) is 2.37. The molecule has 0 atom stereocenters. The van der Waals surface area contributed by atoms with Crippen LogP contribution in [0.25, 0.3) is 0 Å². The zero-order valence-corrected chi connectivity index (χ0v) is 14.7. The Balaban J connectivity index is 1.46. The van der Waals surface area contributed by atoms with Gasteiger partial charge >= 0.3 is 0 Å². The molecule has 5 heteroatoms. The molecule has 0 radical (unpaired) electrons. The van der Waals surface area contributed by atoms with Crippen molar-refractivity contribution in [3.8, 4) is 5.75 Å². The molecule has 5 nitrogen and oxygen atoms in total. The van der Waals surface area contributed by atoms with Crippen LogP contribution >= 0.6 is 0 Å². The van der Waals surface area contributed by atoms with E-state index in [1.165, 1.54) is 0 Å². The maximum atomic E-state index is 12.5. The molecule has 1 aromatic heterocycles. The van der Waals surface area contributed by atoms with Crippen molar-refractivity contribution in [3.05, 3.63) is 59.9 Å². The van der Waals surface area contributed by atoms with Gasteiger partial charge in [0, 0.05) is 38.9 Å². The number of nitrogens with zero attached hydrogens (tertiary/aromatic N) is 3. The van der Waals surface area contributed by atoms with Gasteiger partial charge < -0.3 is 9.64 Å². The fraction of sp³-hybridized carbons (Fsp3) is 0.400. The molecule has 1 saturated heterocycles. The number of carbonyl (C=O) groups is 1. The lowest BCUT2D eigenvalue weighted by Gasteiger charge is -2.34. The molecule has 0 spiro atoms. The monoisotopic (exact) mass is 339 g/mol. The van der Waals surface area contributed by atoms with Gasteiger partial charge in [-0.1, -0.05) is 18.2 Å². The highest BCUT2D eigenvalue weighted by Crippen LogP contribution is 2.14. The Morgan fingerprint density at radius 3 is 2.48 bits per heavy atom. The van der Waals surface area contributed by atoms with E-state index in [4.69, 9.17) is 4.74 Å². The van der Waals surface area contributed by atoms with Crippen molar-refractivity contribution in [3.63, 3.8) is 0 Å². The Bertz CT molecular complexity index is 665. The van der Waals surface area contributed by atoms with Gasteiger partial charge in [0.15, 0.2) is 0 Å². The highest BCUT2D eigenvalue weighted by Gasteiger charge is 2.21. The van der Waals surface area contributed by atoms with E-state index in [1.54, 1.807) is 0 Å². The van der Waals surface area contributed by atoms with Crippen molar-refractivity contribution in [1.29, 1.82) is 0 Å². The number of benzene rings is 1. The van der Waals surface area contributed by atoms with Gasteiger partial charge in [-0.3, -0.25) is 14.7 Å².